The third-order valence-electron chi connectivity index (χ3n) is 5.53. The van der Waals surface area contributed by atoms with Crippen LogP contribution in [0.3, 0.4) is 0 Å². The van der Waals surface area contributed by atoms with Gasteiger partial charge in [0.2, 0.25) is 21.8 Å². The maximum absolute atomic E-state index is 13.0. The molecule has 28 heavy (non-hydrogen) atoms. The van der Waals surface area contributed by atoms with Crippen molar-refractivity contribution >= 4 is 33.2 Å². The third-order valence-corrected chi connectivity index (χ3v) is 8.58. The van der Waals surface area contributed by atoms with Gasteiger partial charge < -0.3 is 4.52 Å². The highest BCUT2D eigenvalue weighted by atomic mass is 32.2. The van der Waals surface area contributed by atoms with Gasteiger partial charge in [0.1, 0.15) is 10.6 Å². The summed E-state index contributed by atoms with van der Waals surface area (Å²) in [6.07, 6.45) is 0.624. The van der Waals surface area contributed by atoms with Crippen LogP contribution in [0.1, 0.15) is 35.7 Å². The Morgan fingerprint density at radius 3 is 2.36 bits per heavy atom. The van der Waals surface area contributed by atoms with Crippen molar-refractivity contribution < 1.29 is 22.5 Å². The van der Waals surface area contributed by atoms with Gasteiger partial charge in [-0.05, 0) is 31.7 Å². The summed E-state index contributed by atoms with van der Waals surface area (Å²) < 4.78 is 32.3. The van der Waals surface area contributed by atoms with Crippen LogP contribution in [0.4, 0.5) is 0 Å². The Hall–Kier alpha value is -2.04. The molecule has 0 bridgehead atoms. The second-order valence-corrected chi connectivity index (χ2v) is 10.0. The smallest absolute Gasteiger partial charge is 0.248 e. The number of hydrogen-bond acceptors (Lipinski definition) is 7. The molecule has 2 aromatic rings. The molecule has 2 aliphatic rings. The van der Waals surface area contributed by atoms with Gasteiger partial charge >= 0.3 is 0 Å². The summed E-state index contributed by atoms with van der Waals surface area (Å²) in [5, 5.41) is 5.63. The molecular weight excluding hydrogens is 402 g/mol. The number of aromatic nitrogens is 1. The number of hydrogen-bond donors (Lipinski definition) is 0. The lowest BCUT2D eigenvalue weighted by Gasteiger charge is -2.26. The summed E-state index contributed by atoms with van der Waals surface area (Å²) in [5.74, 6) is -1.65. The van der Waals surface area contributed by atoms with Gasteiger partial charge in [-0.1, -0.05) is 18.1 Å². The fourth-order valence-electron chi connectivity index (χ4n) is 4.20. The second-order valence-electron chi connectivity index (χ2n) is 7.17. The molecule has 4 rings (SSSR count). The van der Waals surface area contributed by atoms with E-state index in [-0.39, 0.29) is 47.3 Å². The van der Waals surface area contributed by atoms with Gasteiger partial charge in [0.15, 0.2) is 5.76 Å². The number of fused-ring (bicyclic) bond motifs is 1. The zero-order valence-corrected chi connectivity index (χ0v) is 17.4. The molecule has 0 aliphatic carbocycles. The predicted molar refractivity (Wildman–Crippen MR) is 101 cm³/mol. The molecule has 10 heteroatoms. The van der Waals surface area contributed by atoms with Gasteiger partial charge in [0.05, 0.1) is 17.9 Å². The topological polar surface area (TPSA) is 101 Å². The molecule has 3 atom stereocenters. The molecular formula is C18H21N3O5S2. The lowest BCUT2D eigenvalue weighted by atomic mass is 10.00. The standard InChI is InChI=1S/C18H21N3O5S2/c1-4-14(15-6-5-7-27-15)21-17(22)12-8-20(9-13(12)18(21)23)28(24,25)16-10(2)19-26-11(16)3/h5-7,12-14H,4,8-9H2,1-3H3/t12-,13+,14?. The number of carbonyl (C=O) groups excluding carboxylic acids is 2. The van der Waals surface area contributed by atoms with Crippen LogP contribution in [-0.4, -0.2) is 47.7 Å². The molecule has 0 spiro atoms. The molecule has 0 radical (unpaired) electrons. The van der Waals surface area contributed by atoms with E-state index in [1.807, 2.05) is 24.4 Å². The van der Waals surface area contributed by atoms with Crippen molar-refractivity contribution in [1.29, 1.82) is 0 Å². The molecule has 0 N–H and O–H groups in total. The lowest BCUT2D eigenvalue weighted by Crippen LogP contribution is -2.40. The normalized spacial score (nSPS) is 24.2. The first-order valence-electron chi connectivity index (χ1n) is 9.10. The number of carbonyl (C=O) groups is 2. The number of likely N-dealkylation sites (tertiary alicyclic amines) is 1. The number of thiophene rings is 1. The highest BCUT2D eigenvalue weighted by Gasteiger charge is 2.56. The molecule has 1 unspecified atom stereocenters. The van der Waals surface area contributed by atoms with Crippen molar-refractivity contribution in [3.63, 3.8) is 0 Å². The molecule has 2 aromatic heterocycles. The van der Waals surface area contributed by atoms with Gasteiger partial charge in [-0.25, -0.2) is 8.42 Å². The Labute approximate surface area is 167 Å². The van der Waals surface area contributed by atoms with E-state index < -0.39 is 21.9 Å². The van der Waals surface area contributed by atoms with Crippen molar-refractivity contribution in [2.75, 3.05) is 13.1 Å². The Morgan fingerprint density at radius 1 is 1.25 bits per heavy atom. The third kappa shape index (κ3) is 2.73. The van der Waals surface area contributed by atoms with E-state index in [4.69, 9.17) is 4.52 Å². The maximum Gasteiger partial charge on any atom is 0.248 e. The molecule has 2 amide bonds. The average molecular weight is 424 g/mol. The first-order valence-corrected chi connectivity index (χ1v) is 11.4. The summed E-state index contributed by atoms with van der Waals surface area (Å²) in [6, 6.07) is 3.52. The minimum atomic E-state index is -3.88. The Balaban J connectivity index is 1.61. The average Bonchev–Trinajstić information content (AvgIpc) is 3.40. The van der Waals surface area contributed by atoms with E-state index >= 15 is 0 Å². The predicted octanol–water partition coefficient (Wildman–Crippen LogP) is 2.11. The van der Waals surface area contributed by atoms with Crippen LogP contribution in [0, 0.1) is 25.7 Å². The van der Waals surface area contributed by atoms with Gasteiger partial charge in [-0.15, -0.1) is 11.3 Å². The van der Waals surface area contributed by atoms with E-state index in [2.05, 4.69) is 5.16 Å². The van der Waals surface area contributed by atoms with E-state index in [0.717, 1.165) is 4.88 Å². The van der Waals surface area contributed by atoms with Crippen molar-refractivity contribution in [3.8, 4) is 0 Å². The fourth-order valence-corrected chi connectivity index (χ4v) is 6.88. The Bertz CT molecular complexity index is 984. The molecule has 0 saturated carbocycles. The maximum atomic E-state index is 13.0. The minimum absolute atomic E-state index is 0.000984. The second kappa shape index (κ2) is 6.78. The monoisotopic (exact) mass is 423 g/mol. The van der Waals surface area contributed by atoms with Crippen molar-refractivity contribution in [2.24, 2.45) is 11.8 Å². The van der Waals surface area contributed by atoms with Gasteiger partial charge in [0, 0.05) is 18.0 Å². The number of imide groups is 1. The van der Waals surface area contributed by atoms with E-state index in [9.17, 15) is 18.0 Å². The number of amides is 2. The highest BCUT2D eigenvalue weighted by molar-refractivity contribution is 7.89. The van der Waals surface area contributed by atoms with Crippen LogP contribution in [0.5, 0.6) is 0 Å². The number of nitrogens with zero attached hydrogens (tertiary/aromatic N) is 3. The molecule has 2 fully saturated rings. The van der Waals surface area contributed by atoms with Crippen LogP contribution in [0.25, 0.3) is 0 Å². The molecule has 2 aliphatic heterocycles. The van der Waals surface area contributed by atoms with Gasteiger partial charge in [0.25, 0.3) is 0 Å². The molecule has 4 heterocycles. The van der Waals surface area contributed by atoms with Crippen LogP contribution < -0.4 is 0 Å². The van der Waals surface area contributed by atoms with Crippen molar-refractivity contribution in [2.45, 2.75) is 38.1 Å². The van der Waals surface area contributed by atoms with Crippen molar-refractivity contribution in [3.05, 3.63) is 33.8 Å². The Kier molecular flexibility index (Phi) is 4.67. The van der Waals surface area contributed by atoms with E-state index in [1.165, 1.54) is 27.5 Å². The van der Waals surface area contributed by atoms with Crippen LogP contribution >= 0.6 is 11.3 Å². The van der Waals surface area contributed by atoms with Gasteiger partial charge in [-0.3, -0.25) is 14.5 Å². The summed E-state index contributed by atoms with van der Waals surface area (Å²) in [6.45, 7) is 5.03. The van der Waals surface area contributed by atoms with Crippen LogP contribution in [0.15, 0.2) is 26.9 Å². The molecule has 2 saturated heterocycles. The first kappa shape index (κ1) is 19.3. The van der Waals surface area contributed by atoms with Crippen LogP contribution in [-0.2, 0) is 19.6 Å². The largest absolute Gasteiger partial charge is 0.360 e. The lowest BCUT2D eigenvalue weighted by molar-refractivity contribution is -0.143. The summed E-state index contributed by atoms with van der Waals surface area (Å²) in [4.78, 5) is 28.4. The molecule has 0 aromatic carbocycles. The fraction of sp³-hybridized carbons (Fsp3) is 0.500. The van der Waals surface area contributed by atoms with Crippen molar-refractivity contribution in [1.82, 2.24) is 14.4 Å². The van der Waals surface area contributed by atoms with Crippen LogP contribution in [0.2, 0.25) is 0 Å². The molecule has 8 nitrogen and oxygen atoms in total. The van der Waals surface area contributed by atoms with E-state index in [1.54, 1.807) is 6.92 Å². The van der Waals surface area contributed by atoms with E-state index in [0.29, 0.717) is 6.42 Å². The SMILES string of the molecule is CCC(c1cccs1)N1C(=O)[C@H]2CN(S(=O)(=O)c3c(C)noc3C)C[C@H]2C1=O. The summed E-state index contributed by atoms with van der Waals surface area (Å²) in [7, 11) is -3.88. The highest BCUT2D eigenvalue weighted by Crippen LogP contribution is 2.42. The Morgan fingerprint density at radius 2 is 1.89 bits per heavy atom. The number of rotatable bonds is 5. The first-order chi connectivity index (χ1) is 13.3. The minimum Gasteiger partial charge on any atom is -0.360 e. The summed E-state index contributed by atoms with van der Waals surface area (Å²) in [5.41, 5.74) is 0.276. The number of sulfonamides is 1. The number of aryl methyl sites for hydroxylation is 2. The zero-order chi connectivity index (χ0) is 20.2. The molecule has 150 valence electrons. The summed E-state index contributed by atoms with van der Waals surface area (Å²) >= 11 is 1.51. The quantitative estimate of drug-likeness (QED) is 0.683. The zero-order valence-electron chi connectivity index (χ0n) is 15.8. The van der Waals surface area contributed by atoms with Gasteiger partial charge in [-0.2, -0.15) is 4.31 Å².